The highest BCUT2D eigenvalue weighted by molar-refractivity contribution is 7.12. The van der Waals surface area contributed by atoms with Crippen molar-refractivity contribution in [3.05, 3.63) is 21.4 Å². The zero-order chi connectivity index (χ0) is 12.3. The van der Waals surface area contributed by atoms with Crippen LogP contribution in [0, 0.1) is 12.8 Å². The lowest BCUT2D eigenvalue weighted by molar-refractivity contribution is 0.178. The summed E-state index contributed by atoms with van der Waals surface area (Å²) in [6, 6.07) is 2.30. The Bertz CT molecular complexity index is 355. The van der Waals surface area contributed by atoms with Crippen LogP contribution in [0.4, 0.5) is 0 Å². The van der Waals surface area contributed by atoms with E-state index in [1.807, 2.05) is 11.3 Å². The standard InChI is InChI=1S/C14H24N2S/c1-3-16(9-12-5-4-6-12)10-13-7-14(8-15)17-11(13)2/h7,12H,3-6,8-10,15H2,1-2H3. The normalized spacial score (nSPS) is 16.5. The van der Waals surface area contributed by atoms with Gasteiger partial charge in [-0.2, -0.15) is 0 Å². The van der Waals surface area contributed by atoms with Crippen molar-refractivity contribution in [2.75, 3.05) is 13.1 Å². The molecule has 2 nitrogen and oxygen atoms in total. The molecule has 0 bridgehead atoms. The van der Waals surface area contributed by atoms with Crippen molar-refractivity contribution in [1.29, 1.82) is 0 Å². The maximum Gasteiger partial charge on any atom is 0.0274 e. The van der Waals surface area contributed by atoms with Gasteiger partial charge in [-0.1, -0.05) is 13.3 Å². The quantitative estimate of drug-likeness (QED) is 0.843. The highest BCUT2D eigenvalue weighted by Crippen LogP contribution is 2.28. The van der Waals surface area contributed by atoms with Gasteiger partial charge in [0.1, 0.15) is 0 Å². The van der Waals surface area contributed by atoms with Crippen LogP contribution in [0.25, 0.3) is 0 Å². The van der Waals surface area contributed by atoms with E-state index in [1.54, 1.807) is 0 Å². The smallest absolute Gasteiger partial charge is 0.0274 e. The molecule has 0 amide bonds. The zero-order valence-electron chi connectivity index (χ0n) is 11.0. The first-order valence-electron chi connectivity index (χ1n) is 6.73. The van der Waals surface area contributed by atoms with Crippen LogP contribution in [-0.2, 0) is 13.1 Å². The van der Waals surface area contributed by atoms with Crippen molar-refractivity contribution in [1.82, 2.24) is 4.90 Å². The number of nitrogens with zero attached hydrogens (tertiary/aromatic N) is 1. The summed E-state index contributed by atoms with van der Waals surface area (Å²) in [5.41, 5.74) is 7.19. The van der Waals surface area contributed by atoms with Crippen molar-refractivity contribution >= 4 is 11.3 Å². The summed E-state index contributed by atoms with van der Waals surface area (Å²) < 4.78 is 0. The number of thiophene rings is 1. The fourth-order valence-electron chi connectivity index (χ4n) is 2.43. The van der Waals surface area contributed by atoms with Crippen molar-refractivity contribution < 1.29 is 0 Å². The largest absolute Gasteiger partial charge is 0.326 e. The maximum absolute atomic E-state index is 5.70. The first-order chi connectivity index (χ1) is 8.22. The second-order valence-corrected chi connectivity index (χ2v) is 6.46. The first kappa shape index (κ1) is 13.1. The summed E-state index contributed by atoms with van der Waals surface area (Å²) in [5, 5.41) is 0. The Morgan fingerprint density at radius 2 is 2.24 bits per heavy atom. The van der Waals surface area contributed by atoms with Crippen LogP contribution in [0.15, 0.2) is 6.07 Å². The monoisotopic (exact) mass is 252 g/mol. The van der Waals surface area contributed by atoms with Crippen molar-refractivity contribution in [3.63, 3.8) is 0 Å². The molecule has 0 atom stereocenters. The minimum absolute atomic E-state index is 0.681. The molecular formula is C14H24N2S. The van der Waals surface area contributed by atoms with Gasteiger partial charge in [-0.3, -0.25) is 4.90 Å². The van der Waals surface area contributed by atoms with Crippen LogP contribution in [0.2, 0.25) is 0 Å². The van der Waals surface area contributed by atoms with Gasteiger partial charge in [0, 0.05) is 29.4 Å². The molecule has 0 spiro atoms. The number of nitrogens with two attached hydrogens (primary N) is 1. The molecule has 1 aromatic rings. The second-order valence-electron chi connectivity index (χ2n) is 5.12. The Morgan fingerprint density at radius 3 is 2.71 bits per heavy atom. The van der Waals surface area contributed by atoms with Gasteiger partial charge in [0.25, 0.3) is 0 Å². The molecule has 1 aliphatic rings. The summed E-state index contributed by atoms with van der Waals surface area (Å²) in [7, 11) is 0. The van der Waals surface area contributed by atoms with Gasteiger partial charge in [0.2, 0.25) is 0 Å². The van der Waals surface area contributed by atoms with Gasteiger partial charge in [-0.15, -0.1) is 11.3 Å². The number of hydrogen-bond acceptors (Lipinski definition) is 3. The molecular weight excluding hydrogens is 228 g/mol. The van der Waals surface area contributed by atoms with E-state index in [-0.39, 0.29) is 0 Å². The van der Waals surface area contributed by atoms with E-state index >= 15 is 0 Å². The molecule has 1 aliphatic carbocycles. The van der Waals surface area contributed by atoms with Gasteiger partial charge in [0.15, 0.2) is 0 Å². The maximum atomic E-state index is 5.70. The van der Waals surface area contributed by atoms with E-state index in [0.29, 0.717) is 6.54 Å². The van der Waals surface area contributed by atoms with Crippen LogP contribution >= 0.6 is 11.3 Å². The van der Waals surface area contributed by atoms with E-state index < -0.39 is 0 Å². The number of rotatable bonds is 6. The van der Waals surface area contributed by atoms with E-state index in [9.17, 15) is 0 Å². The van der Waals surface area contributed by atoms with Crippen LogP contribution in [-0.4, -0.2) is 18.0 Å². The topological polar surface area (TPSA) is 29.3 Å². The molecule has 0 saturated heterocycles. The summed E-state index contributed by atoms with van der Waals surface area (Å²) in [6.07, 6.45) is 4.32. The lowest BCUT2D eigenvalue weighted by Crippen LogP contribution is -2.32. The molecule has 17 heavy (non-hydrogen) atoms. The van der Waals surface area contributed by atoms with Crippen LogP contribution < -0.4 is 5.73 Å². The molecule has 1 heterocycles. The third-order valence-electron chi connectivity index (χ3n) is 3.86. The summed E-state index contributed by atoms with van der Waals surface area (Å²) in [6.45, 7) is 8.71. The fourth-order valence-corrected chi connectivity index (χ4v) is 3.36. The van der Waals surface area contributed by atoms with Crippen LogP contribution in [0.3, 0.4) is 0 Å². The molecule has 2 N–H and O–H groups in total. The third kappa shape index (κ3) is 3.30. The number of aryl methyl sites for hydroxylation is 1. The van der Waals surface area contributed by atoms with Gasteiger partial charge >= 0.3 is 0 Å². The molecule has 1 saturated carbocycles. The Hall–Kier alpha value is -0.380. The predicted octanol–water partition coefficient (Wildman–Crippen LogP) is 3.14. The summed E-state index contributed by atoms with van der Waals surface area (Å²) in [4.78, 5) is 5.34. The van der Waals surface area contributed by atoms with Gasteiger partial charge < -0.3 is 5.73 Å². The Labute approximate surface area is 109 Å². The predicted molar refractivity (Wildman–Crippen MR) is 75.2 cm³/mol. The zero-order valence-corrected chi connectivity index (χ0v) is 11.9. The fraction of sp³-hybridized carbons (Fsp3) is 0.714. The first-order valence-corrected chi connectivity index (χ1v) is 7.55. The SMILES string of the molecule is CCN(Cc1cc(CN)sc1C)CC1CCC1. The Morgan fingerprint density at radius 1 is 1.47 bits per heavy atom. The minimum Gasteiger partial charge on any atom is -0.326 e. The van der Waals surface area contributed by atoms with E-state index in [2.05, 4.69) is 24.8 Å². The average molecular weight is 252 g/mol. The average Bonchev–Trinajstić information content (AvgIpc) is 2.62. The van der Waals surface area contributed by atoms with Crippen LogP contribution in [0.1, 0.15) is 41.5 Å². The van der Waals surface area contributed by atoms with Crippen molar-refractivity contribution in [2.24, 2.45) is 11.7 Å². The summed E-state index contributed by atoms with van der Waals surface area (Å²) >= 11 is 1.85. The Kier molecular flexibility index (Phi) is 4.60. The molecule has 96 valence electrons. The summed E-state index contributed by atoms with van der Waals surface area (Å²) in [5.74, 6) is 0.961. The van der Waals surface area contributed by atoms with Crippen LogP contribution in [0.5, 0.6) is 0 Å². The van der Waals surface area contributed by atoms with E-state index in [0.717, 1.165) is 19.0 Å². The Balaban J connectivity index is 1.93. The lowest BCUT2D eigenvalue weighted by Gasteiger charge is -2.31. The second kappa shape index (κ2) is 5.98. The van der Waals surface area contributed by atoms with Crippen molar-refractivity contribution in [2.45, 2.75) is 46.2 Å². The van der Waals surface area contributed by atoms with Gasteiger partial charge in [-0.05, 0) is 43.9 Å². The molecule has 3 heteroatoms. The molecule has 0 aliphatic heterocycles. The highest BCUT2D eigenvalue weighted by atomic mass is 32.1. The lowest BCUT2D eigenvalue weighted by atomic mass is 9.85. The van der Waals surface area contributed by atoms with E-state index in [4.69, 9.17) is 5.73 Å². The third-order valence-corrected chi connectivity index (χ3v) is 4.97. The van der Waals surface area contributed by atoms with E-state index in [1.165, 1.54) is 41.1 Å². The molecule has 0 unspecified atom stereocenters. The van der Waals surface area contributed by atoms with Gasteiger partial charge in [0.05, 0.1) is 0 Å². The molecule has 1 aromatic heterocycles. The van der Waals surface area contributed by atoms with Crippen molar-refractivity contribution in [3.8, 4) is 0 Å². The van der Waals surface area contributed by atoms with Gasteiger partial charge in [-0.25, -0.2) is 0 Å². The highest BCUT2D eigenvalue weighted by Gasteiger charge is 2.20. The number of hydrogen-bond donors (Lipinski definition) is 1. The molecule has 1 fully saturated rings. The minimum atomic E-state index is 0.681. The molecule has 0 aromatic carbocycles. The molecule has 2 rings (SSSR count). The molecule has 0 radical (unpaired) electrons.